The Morgan fingerprint density at radius 2 is 2.06 bits per heavy atom. The Kier molecular flexibility index (Phi) is 4.34. The van der Waals surface area contributed by atoms with Gasteiger partial charge in [0.1, 0.15) is 5.82 Å². The minimum Gasteiger partial charge on any atom is -0.319 e. The summed E-state index contributed by atoms with van der Waals surface area (Å²) in [5.74, 6) is -0.402. The average Bonchev–Trinajstić information content (AvgIpc) is 2.64. The van der Waals surface area contributed by atoms with Crippen molar-refractivity contribution in [1.82, 2.24) is 0 Å². The smallest absolute Gasteiger partial charge is 0.129 e. The zero-order chi connectivity index (χ0) is 13.4. The summed E-state index contributed by atoms with van der Waals surface area (Å²) < 4.78 is 14.4. The molecule has 0 bridgehead atoms. The normalized spacial score (nSPS) is 12.8. The second-order valence-corrected chi connectivity index (χ2v) is 6.41. The van der Waals surface area contributed by atoms with Gasteiger partial charge in [0.2, 0.25) is 0 Å². The van der Waals surface area contributed by atoms with Crippen molar-refractivity contribution in [3.63, 3.8) is 0 Å². The second kappa shape index (κ2) is 5.47. The summed E-state index contributed by atoms with van der Waals surface area (Å²) in [6.45, 7) is 1.89. The van der Waals surface area contributed by atoms with Gasteiger partial charge in [0.25, 0.3) is 0 Å². The number of nitrogens with two attached hydrogens (primary N) is 1. The third-order valence-corrected chi connectivity index (χ3v) is 5.58. The minimum absolute atomic E-state index is 0.340. The van der Waals surface area contributed by atoms with Crippen LogP contribution in [0.2, 0.25) is 10.0 Å². The molecule has 0 amide bonds. The lowest BCUT2D eigenvalue weighted by atomic mass is 10.1. The lowest BCUT2D eigenvalue weighted by molar-refractivity contribution is 0.600. The van der Waals surface area contributed by atoms with E-state index in [-0.39, 0.29) is 0 Å². The molecule has 0 aliphatic heterocycles. The van der Waals surface area contributed by atoms with Crippen molar-refractivity contribution < 1.29 is 4.39 Å². The molecule has 0 saturated carbocycles. The van der Waals surface area contributed by atoms with E-state index in [1.165, 1.54) is 23.5 Å². The van der Waals surface area contributed by atoms with Crippen LogP contribution in [0.15, 0.2) is 22.0 Å². The first-order valence-electron chi connectivity index (χ1n) is 5.05. The fraction of sp³-hybridized carbons (Fsp3) is 0.167. The Morgan fingerprint density at radius 1 is 1.39 bits per heavy atom. The van der Waals surface area contributed by atoms with Gasteiger partial charge in [-0.2, -0.15) is 0 Å². The first-order valence-corrected chi connectivity index (χ1v) is 7.48. The zero-order valence-corrected chi connectivity index (χ0v) is 13.2. The second-order valence-electron chi connectivity index (χ2n) is 3.86. The van der Waals surface area contributed by atoms with E-state index >= 15 is 0 Å². The van der Waals surface area contributed by atoms with Gasteiger partial charge in [-0.05, 0) is 45.9 Å². The molecule has 0 saturated heterocycles. The van der Waals surface area contributed by atoms with Gasteiger partial charge in [-0.15, -0.1) is 11.3 Å². The van der Waals surface area contributed by atoms with Gasteiger partial charge in [-0.3, -0.25) is 0 Å². The number of rotatable bonds is 2. The number of aryl methyl sites for hydroxylation is 1. The standard InChI is InChI=1S/C12H9BrCl2FNS/c1-5-4-18-12(10(5)15)11(17)6-2-8(14)7(13)3-9(6)16/h2-4,11H,17H2,1H3. The maximum Gasteiger partial charge on any atom is 0.129 e. The van der Waals surface area contributed by atoms with Crippen molar-refractivity contribution in [2.24, 2.45) is 5.73 Å². The molecule has 1 aromatic carbocycles. The van der Waals surface area contributed by atoms with Crippen LogP contribution in [0.1, 0.15) is 22.0 Å². The first-order chi connectivity index (χ1) is 8.41. The number of thiophene rings is 1. The number of hydrogen-bond donors (Lipinski definition) is 1. The molecule has 1 heterocycles. The van der Waals surface area contributed by atoms with Crippen molar-refractivity contribution in [3.05, 3.63) is 53.9 Å². The van der Waals surface area contributed by atoms with Gasteiger partial charge in [0.15, 0.2) is 0 Å². The summed E-state index contributed by atoms with van der Waals surface area (Å²) in [5, 5.41) is 2.91. The fourth-order valence-corrected chi connectivity index (χ4v) is 3.39. The van der Waals surface area contributed by atoms with Crippen molar-refractivity contribution >= 4 is 50.5 Å². The van der Waals surface area contributed by atoms with E-state index in [9.17, 15) is 4.39 Å². The Bertz CT molecular complexity index is 600. The van der Waals surface area contributed by atoms with E-state index < -0.39 is 11.9 Å². The Hall–Kier alpha value is -0.130. The Morgan fingerprint density at radius 3 is 2.61 bits per heavy atom. The highest BCUT2D eigenvalue weighted by Crippen LogP contribution is 2.37. The third kappa shape index (κ3) is 2.58. The van der Waals surface area contributed by atoms with Crippen molar-refractivity contribution in [3.8, 4) is 0 Å². The SMILES string of the molecule is Cc1csc(C(N)c2cc(Cl)c(Br)cc2F)c1Cl. The summed E-state index contributed by atoms with van der Waals surface area (Å²) in [4.78, 5) is 0.742. The Balaban J connectivity index is 2.49. The molecule has 1 aromatic heterocycles. The predicted molar refractivity (Wildman–Crippen MR) is 79.2 cm³/mol. The molecule has 18 heavy (non-hydrogen) atoms. The van der Waals surface area contributed by atoms with Crippen LogP contribution in [0.5, 0.6) is 0 Å². The average molecular weight is 369 g/mol. The van der Waals surface area contributed by atoms with Gasteiger partial charge in [-0.1, -0.05) is 23.2 Å². The van der Waals surface area contributed by atoms with Crippen LogP contribution in [0.3, 0.4) is 0 Å². The molecule has 0 aliphatic carbocycles. The van der Waals surface area contributed by atoms with Crippen LogP contribution >= 0.6 is 50.5 Å². The molecule has 2 aromatic rings. The molecule has 1 atom stereocenters. The first kappa shape index (κ1) is 14.3. The monoisotopic (exact) mass is 367 g/mol. The lowest BCUT2D eigenvalue weighted by Gasteiger charge is -2.13. The summed E-state index contributed by atoms with van der Waals surface area (Å²) in [7, 11) is 0. The highest BCUT2D eigenvalue weighted by Gasteiger charge is 2.20. The van der Waals surface area contributed by atoms with Crippen LogP contribution in [0.25, 0.3) is 0 Å². The summed E-state index contributed by atoms with van der Waals surface area (Å²) in [6.07, 6.45) is 0. The Labute approximate surface area is 127 Å². The van der Waals surface area contributed by atoms with Gasteiger partial charge >= 0.3 is 0 Å². The number of halogens is 4. The zero-order valence-electron chi connectivity index (χ0n) is 9.31. The van der Waals surface area contributed by atoms with E-state index in [0.29, 0.717) is 20.1 Å². The summed E-state index contributed by atoms with van der Waals surface area (Å²) in [6, 6.07) is 2.23. The van der Waals surface area contributed by atoms with Crippen molar-refractivity contribution in [2.45, 2.75) is 13.0 Å². The molecule has 1 nitrogen and oxygen atoms in total. The van der Waals surface area contributed by atoms with Gasteiger partial charge < -0.3 is 5.73 Å². The quantitative estimate of drug-likeness (QED) is 0.714. The van der Waals surface area contributed by atoms with Gasteiger partial charge in [0.05, 0.1) is 16.1 Å². The largest absolute Gasteiger partial charge is 0.319 e. The van der Waals surface area contributed by atoms with Crippen LogP contribution in [0.4, 0.5) is 4.39 Å². The minimum atomic E-state index is -0.609. The highest BCUT2D eigenvalue weighted by atomic mass is 79.9. The molecule has 2 N–H and O–H groups in total. The van der Waals surface area contributed by atoms with E-state index in [2.05, 4.69) is 15.9 Å². The molecule has 0 aliphatic rings. The maximum atomic E-state index is 13.9. The van der Waals surface area contributed by atoms with E-state index in [0.717, 1.165) is 10.4 Å². The molecule has 6 heteroatoms. The molecule has 2 rings (SSSR count). The third-order valence-electron chi connectivity index (χ3n) is 2.58. The van der Waals surface area contributed by atoms with Gasteiger partial charge in [0, 0.05) is 14.9 Å². The molecule has 0 radical (unpaired) electrons. The van der Waals surface area contributed by atoms with E-state index in [1.807, 2.05) is 12.3 Å². The lowest BCUT2D eigenvalue weighted by Crippen LogP contribution is -2.12. The topological polar surface area (TPSA) is 26.0 Å². The fourth-order valence-electron chi connectivity index (χ4n) is 1.58. The molecule has 0 fully saturated rings. The van der Waals surface area contributed by atoms with Crippen LogP contribution in [0, 0.1) is 12.7 Å². The predicted octanol–water partition coefficient (Wildman–Crippen LogP) is 5.31. The maximum absolute atomic E-state index is 13.9. The summed E-state index contributed by atoms with van der Waals surface area (Å²) in [5.41, 5.74) is 7.34. The molecular weight excluding hydrogens is 360 g/mol. The van der Waals surface area contributed by atoms with E-state index in [4.69, 9.17) is 28.9 Å². The highest BCUT2D eigenvalue weighted by molar-refractivity contribution is 9.10. The van der Waals surface area contributed by atoms with Gasteiger partial charge in [-0.25, -0.2) is 4.39 Å². The molecule has 0 spiro atoms. The summed E-state index contributed by atoms with van der Waals surface area (Å²) >= 11 is 16.7. The van der Waals surface area contributed by atoms with Crippen LogP contribution in [-0.2, 0) is 0 Å². The molecule has 96 valence electrons. The van der Waals surface area contributed by atoms with Crippen LogP contribution < -0.4 is 5.73 Å². The number of hydrogen-bond acceptors (Lipinski definition) is 2. The molecule has 1 unspecified atom stereocenters. The molecular formula is C12H9BrCl2FNS. The number of benzene rings is 1. The van der Waals surface area contributed by atoms with Crippen molar-refractivity contribution in [1.29, 1.82) is 0 Å². The van der Waals surface area contributed by atoms with Crippen molar-refractivity contribution in [2.75, 3.05) is 0 Å². The van der Waals surface area contributed by atoms with E-state index in [1.54, 1.807) is 0 Å². The van der Waals surface area contributed by atoms with Crippen LogP contribution in [-0.4, -0.2) is 0 Å².